The molecule has 1 aliphatic rings. The summed E-state index contributed by atoms with van der Waals surface area (Å²) in [7, 11) is 2.11. The second-order valence-electron chi connectivity index (χ2n) is 5.61. The molecular formula is C17H27NO. The smallest absolute Gasteiger partial charge is 0.0468 e. The van der Waals surface area contributed by atoms with E-state index in [-0.39, 0.29) is 0 Å². The molecular weight excluding hydrogens is 234 g/mol. The molecule has 0 aromatic heterocycles. The molecule has 1 aliphatic heterocycles. The number of likely N-dealkylation sites (N-methyl/N-ethyl adjacent to an activating group) is 1. The summed E-state index contributed by atoms with van der Waals surface area (Å²) in [5, 5.41) is 3.56. The number of rotatable bonds is 6. The fourth-order valence-corrected chi connectivity index (χ4v) is 3.28. The van der Waals surface area contributed by atoms with Gasteiger partial charge in [-0.1, -0.05) is 37.3 Å². The molecule has 106 valence electrons. The summed E-state index contributed by atoms with van der Waals surface area (Å²) in [5.74, 6) is 1.44. The highest BCUT2D eigenvalue weighted by Gasteiger charge is 2.24. The van der Waals surface area contributed by atoms with E-state index >= 15 is 0 Å². The van der Waals surface area contributed by atoms with Crippen molar-refractivity contribution in [1.82, 2.24) is 5.32 Å². The molecule has 0 amide bonds. The van der Waals surface area contributed by atoms with Gasteiger partial charge in [0.2, 0.25) is 0 Å². The first-order chi connectivity index (χ1) is 9.35. The molecule has 2 unspecified atom stereocenters. The highest BCUT2D eigenvalue weighted by Crippen LogP contribution is 2.30. The SMILES string of the molecule is CCC(c1ccccc1)C(CC1CCOCC1)NC. The molecule has 2 atom stereocenters. The van der Waals surface area contributed by atoms with Crippen LogP contribution in [0.25, 0.3) is 0 Å². The van der Waals surface area contributed by atoms with Gasteiger partial charge in [-0.25, -0.2) is 0 Å². The zero-order valence-electron chi connectivity index (χ0n) is 12.3. The van der Waals surface area contributed by atoms with Gasteiger partial charge in [-0.3, -0.25) is 0 Å². The van der Waals surface area contributed by atoms with Gasteiger partial charge >= 0.3 is 0 Å². The number of hydrogen-bond acceptors (Lipinski definition) is 2. The van der Waals surface area contributed by atoms with Gasteiger partial charge in [-0.2, -0.15) is 0 Å². The minimum atomic E-state index is 0.579. The van der Waals surface area contributed by atoms with Crippen molar-refractivity contribution in [2.24, 2.45) is 5.92 Å². The molecule has 1 fully saturated rings. The monoisotopic (exact) mass is 261 g/mol. The second-order valence-corrected chi connectivity index (χ2v) is 5.61. The van der Waals surface area contributed by atoms with Gasteiger partial charge in [0, 0.05) is 19.3 Å². The number of hydrogen-bond donors (Lipinski definition) is 1. The molecule has 0 bridgehead atoms. The number of benzene rings is 1. The standard InChI is InChI=1S/C17H27NO/c1-3-16(15-7-5-4-6-8-15)17(18-2)13-14-9-11-19-12-10-14/h4-8,14,16-18H,3,9-13H2,1-2H3. The van der Waals surface area contributed by atoms with E-state index in [4.69, 9.17) is 4.74 Å². The first kappa shape index (κ1) is 14.5. The van der Waals surface area contributed by atoms with E-state index in [2.05, 4.69) is 49.6 Å². The van der Waals surface area contributed by atoms with Gasteiger partial charge < -0.3 is 10.1 Å². The quantitative estimate of drug-likeness (QED) is 0.845. The summed E-state index contributed by atoms with van der Waals surface area (Å²) in [6, 6.07) is 11.5. The average molecular weight is 261 g/mol. The lowest BCUT2D eigenvalue weighted by atomic mass is 9.82. The Bertz CT molecular complexity index is 346. The Morgan fingerprint density at radius 3 is 2.47 bits per heavy atom. The van der Waals surface area contributed by atoms with E-state index < -0.39 is 0 Å². The minimum absolute atomic E-state index is 0.579. The molecule has 0 radical (unpaired) electrons. The van der Waals surface area contributed by atoms with Crippen LogP contribution < -0.4 is 5.32 Å². The van der Waals surface area contributed by atoms with Crippen LogP contribution in [0.5, 0.6) is 0 Å². The molecule has 1 heterocycles. The zero-order chi connectivity index (χ0) is 13.5. The largest absolute Gasteiger partial charge is 0.381 e. The van der Waals surface area contributed by atoms with Crippen LogP contribution in [-0.4, -0.2) is 26.3 Å². The van der Waals surface area contributed by atoms with Crippen LogP contribution in [0.1, 0.15) is 44.1 Å². The van der Waals surface area contributed by atoms with Crippen LogP contribution >= 0.6 is 0 Å². The van der Waals surface area contributed by atoms with Gasteiger partial charge in [0.05, 0.1) is 0 Å². The Morgan fingerprint density at radius 1 is 1.21 bits per heavy atom. The van der Waals surface area contributed by atoms with E-state index in [1.165, 1.54) is 31.2 Å². The summed E-state index contributed by atoms with van der Waals surface area (Å²) in [6.07, 6.45) is 4.92. The maximum absolute atomic E-state index is 5.47. The number of ether oxygens (including phenoxy) is 1. The molecule has 19 heavy (non-hydrogen) atoms. The third-order valence-electron chi connectivity index (χ3n) is 4.45. The Balaban J connectivity index is 2.01. The lowest BCUT2D eigenvalue weighted by molar-refractivity contribution is 0.0596. The van der Waals surface area contributed by atoms with E-state index in [0.717, 1.165) is 19.1 Å². The molecule has 0 saturated carbocycles. The van der Waals surface area contributed by atoms with Gasteiger partial charge in [0.1, 0.15) is 0 Å². The zero-order valence-corrected chi connectivity index (χ0v) is 12.3. The van der Waals surface area contributed by atoms with Crippen LogP contribution in [0.15, 0.2) is 30.3 Å². The summed E-state index contributed by atoms with van der Waals surface area (Å²) < 4.78 is 5.47. The van der Waals surface area contributed by atoms with Crippen molar-refractivity contribution in [3.8, 4) is 0 Å². The van der Waals surface area contributed by atoms with Gasteiger partial charge in [0.25, 0.3) is 0 Å². The van der Waals surface area contributed by atoms with Crippen LogP contribution in [0.3, 0.4) is 0 Å². The maximum atomic E-state index is 5.47. The minimum Gasteiger partial charge on any atom is -0.381 e. The van der Waals surface area contributed by atoms with Crippen LogP contribution in [-0.2, 0) is 4.74 Å². The van der Waals surface area contributed by atoms with E-state index in [0.29, 0.717) is 12.0 Å². The molecule has 0 aliphatic carbocycles. The molecule has 1 aromatic rings. The van der Waals surface area contributed by atoms with Gasteiger partial charge in [0.15, 0.2) is 0 Å². The number of nitrogens with one attached hydrogen (secondary N) is 1. The van der Waals surface area contributed by atoms with E-state index in [1.807, 2.05) is 0 Å². The van der Waals surface area contributed by atoms with Gasteiger partial charge in [-0.05, 0) is 50.1 Å². The van der Waals surface area contributed by atoms with Crippen LogP contribution in [0.2, 0.25) is 0 Å². The fourth-order valence-electron chi connectivity index (χ4n) is 3.28. The molecule has 2 heteroatoms. The first-order valence-corrected chi connectivity index (χ1v) is 7.65. The highest BCUT2D eigenvalue weighted by molar-refractivity contribution is 5.21. The van der Waals surface area contributed by atoms with E-state index in [9.17, 15) is 0 Å². The maximum Gasteiger partial charge on any atom is 0.0468 e. The Hall–Kier alpha value is -0.860. The molecule has 2 rings (SSSR count). The van der Waals surface area contributed by atoms with Crippen molar-refractivity contribution in [1.29, 1.82) is 0 Å². The normalized spacial score (nSPS) is 20.1. The van der Waals surface area contributed by atoms with Crippen molar-refractivity contribution in [3.05, 3.63) is 35.9 Å². The van der Waals surface area contributed by atoms with Crippen molar-refractivity contribution in [2.75, 3.05) is 20.3 Å². The van der Waals surface area contributed by atoms with Crippen molar-refractivity contribution >= 4 is 0 Å². The fraction of sp³-hybridized carbons (Fsp3) is 0.647. The first-order valence-electron chi connectivity index (χ1n) is 7.65. The summed E-state index contributed by atoms with van der Waals surface area (Å²) in [5.41, 5.74) is 1.47. The predicted molar refractivity (Wildman–Crippen MR) is 80.5 cm³/mol. The van der Waals surface area contributed by atoms with Crippen molar-refractivity contribution < 1.29 is 4.74 Å². The molecule has 2 nitrogen and oxygen atoms in total. The lowest BCUT2D eigenvalue weighted by Gasteiger charge is -2.31. The Labute approximate surface area is 117 Å². The van der Waals surface area contributed by atoms with Crippen LogP contribution in [0.4, 0.5) is 0 Å². The van der Waals surface area contributed by atoms with Crippen molar-refractivity contribution in [2.45, 2.75) is 44.6 Å². The van der Waals surface area contributed by atoms with E-state index in [1.54, 1.807) is 0 Å². The highest BCUT2D eigenvalue weighted by atomic mass is 16.5. The molecule has 0 spiro atoms. The molecule has 1 saturated heterocycles. The average Bonchev–Trinajstić information content (AvgIpc) is 2.49. The summed E-state index contributed by atoms with van der Waals surface area (Å²) >= 11 is 0. The van der Waals surface area contributed by atoms with Gasteiger partial charge in [-0.15, -0.1) is 0 Å². The second kappa shape index (κ2) is 7.66. The summed E-state index contributed by atoms with van der Waals surface area (Å²) in [6.45, 7) is 4.19. The Kier molecular flexibility index (Phi) is 5.87. The van der Waals surface area contributed by atoms with Crippen LogP contribution in [0, 0.1) is 5.92 Å². The molecule has 1 N–H and O–H groups in total. The predicted octanol–water partition coefficient (Wildman–Crippen LogP) is 3.58. The topological polar surface area (TPSA) is 21.3 Å². The lowest BCUT2D eigenvalue weighted by Crippen LogP contribution is -2.35. The third-order valence-corrected chi connectivity index (χ3v) is 4.45. The third kappa shape index (κ3) is 4.05. The van der Waals surface area contributed by atoms with Crippen molar-refractivity contribution in [3.63, 3.8) is 0 Å². The summed E-state index contributed by atoms with van der Waals surface area (Å²) in [4.78, 5) is 0. The Morgan fingerprint density at radius 2 is 1.89 bits per heavy atom. The molecule has 1 aromatic carbocycles.